The van der Waals surface area contributed by atoms with Gasteiger partial charge in [0.05, 0.1) is 6.07 Å². The third kappa shape index (κ3) is 6.35. The van der Waals surface area contributed by atoms with E-state index in [2.05, 4.69) is 11.4 Å². The third-order valence-corrected chi connectivity index (χ3v) is 3.16. The second-order valence-electron chi connectivity index (χ2n) is 5.04. The number of hydrogen-bond acceptors (Lipinski definition) is 3. The summed E-state index contributed by atoms with van der Waals surface area (Å²) in [5.74, 6) is -0.0549. The van der Waals surface area contributed by atoms with Crippen LogP contribution in [-0.2, 0) is 11.2 Å². The molecule has 0 saturated heterocycles. The Kier molecular flexibility index (Phi) is 7.38. The minimum Gasteiger partial charge on any atom is -0.340 e. The Morgan fingerprint density at radius 2 is 2.00 bits per heavy atom. The molecule has 20 heavy (non-hydrogen) atoms. The molecule has 0 aliphatic carbocycles. The Morgan fingerprint density at radius 1 is 1.30 bits per heavy atom. The Morgan fingerprint density at radius 3 is 2.60 bits per heavy atom. The molecule has 4 nitrogen and oxygen atoms in total. The van der Waals surface area contributed by atoms with E-state index < -0.39 is 6.04 Å². The predicted molar refractivity (Wildman–Crippen MR) is 79.9 cm³/mol. The molecule has 0 aliphatic rings. The van der Waals surface area contributed by atoms with Crippen LogP contribution in [0, 0.1) is 18.3 Å². The van der Waals surface area contributed by atoms with Gasteiger partial charge in [-0.25, -0.2) is 0 Å². The molecule has 0 saturated carbocycles. The van der Waals surface area contributed by atoms with E-state index in [4.69, 9.17) is 11.0 Å². The van der Waals surface area contributed by atoms with Crippen LogP contribution in [0.1, 0.15) is 36.8 Å². The number of nitrogens with zero attached hydrogens (tertiary/aromatic N) is 1. The number of carbonyl (C=O) groups is 1. The molecule has 1 unspecified atom stereocenters. The van der Waals surface area contributed by atoms with E-state index in [9.17, 15) is 4.79 Å². The molecule has 3 N–H and O–H groups in total. The molecule has 1 atom stereocenters. The zero-order valence-electron chi connectivity index (χ0n) is 12.1. The second kappa shape index (κ2) is 9.11. The number of carbonyl (C=O) groups excluding carboxylic acids is 1. The van der Waals surface area contributed by atoms with Gasteiger partial charge in [0.2, 0.25) is 5.91 Å². The van der Waals surface area contributed by atoms with Crippen LogP contribution in [0.2, 0.25) is 0 Å². The maximum atomic E-state index is 11.7. The average molecular weight is 273 g/mol. The van der Waals surface area contributed by atoms with Crippen molar-refractivity contribution in [3.05, 3.63) is 35.4 Å². The van der Waals surface area contributed by atoms with E-state index in [0.29, 0.717) is 19.4 Å². The first-order valence-electron chi connectivity index (χ1n) is 7.10. The number of nitrogens with one attached hydrogen (secondary N) is 1. The van der Waals surface area contributed by atoms with Crippen LogP contribution < -0.4 is 11.1 Å². The lowest BCUT2D eigenvalue weighted by Gasteiger charge is -2.12. The molecular formula is C16H23N3O. The van der Waals surface area contributed by atoms with Gasteiger partial charge in [-0.15, -0.1) is 0 Å². The van der Waals surface area contributed by atoms with E-state index in [-0.39, 0.29) is 5.91 Å². The molecule has 4 heteroatoms. The minimum atomic E-state index is -0.459. The first-order chi connectivity index (χ1) is 9.65. The van der Waals surface area contributed by atoms with Gasteiger partial charge >= 0.3 is 0 Å². The summed E-state index contributed by atoms with van der Waals surface area (Å²) in [6, 6.07) is 9.70. The highest BCUT2D eigenvalue weighted by Gasteiger charge is 2.11. The van der Waals surface area contributed by atoms with Crippen LogP contribution in [-0.4, -0.2) is 18.5 Å². The monoisotopic (exact) mass is 273 g/mol. The predicted octanol–water partition coefficient (Wildman–Crippen LogP) is 2.06. The lowest BCUT2D eigenvalue weighted by molar-refractivity contribution is -0.121. The van der Waals surface area contributed by atoms with Gasteiger partial charge in [-0.3, -0.25) is 4.79 Å². The zero-order chi connectivity index (χ0) is 14.8. The van der Waals surface area contributed by atoms with Crippen LogP contribution in [0.25, 0.3) is 0 Å². The number of amides is 1. The molecular weight excluding hydrogens is 250 g/mol. The average Bonchev–Trinajstić information content (AvgIpc) is 2.45. The van der Waals surface area contributed by atoms with Crippen LogP contribution in [0.5, 0.6) is 0 Å². The van der Waals surface area contributed by atoms with E-state index in [1.54, 1.807) is 0 Å². The van der Waals surface area contributed by atoms with E-state index in [0.717, 1.165) is 24.8 Å². The van der Waals surface area contributed by atoms with Crippen molar-refractivity contribution < 1.29 is 4.79 Å². The molecule has 0 aliphatic heterocycles. The van der Waals surface area contributed by atoms with Gasteiger partial charge in [0.15, 0.2) is 0 Å². The fraction of sp³-hybridized carbons (Fsp3) is 0.500. The number of hydrogen-bond donors (Lipinski definition) is 2. The molecule has 0 fully saturated rings. The van der Waals surface area contributed by atoms with Gasteiger partial charge in [0, 0.05) is 12.8 Å². The molecule has 108 valence electrons. The summed E-state index contributed by atoms with van der Waals surface area (Å²) in [6.07, 6.45) is 3.74. The molecule has 1 aromatic carbocycles. The molecule has 0 radical (unpaired) electrons. The molecule has 0 heterocycles. The number of nitriles is 1. The lowest BCUT2D eigenvalue weighted by atomic mass is 10.0. The number of aryl methyl sites for hydroxylation is 1. The number of rotatable bonds is 8. The fourth-order valence-electron chi connectivity index (χ4n) is 1.96. The normalized spacial score (nSPS) is 11.7. The van der Waals surface area contributed by atoms with E-state index >= 15 is 0 Å². The Bertz CT molecular complexity index is 448. The summed E-state index contributed by atoms with van der Waals surface area (Å²) in [5, 5.41) is 11.9. The van der Waals surface area contributed by atoms with Crippen LogP contribution in [0.15, 0.2) is 24.3 Å². The van der Waals surface area contributed by atoms with Crippen molar-refractivity contribution in [1.29, 1.82) is 5.26 Å². The van der Waals surface area contributed by atoms with Crippen molar-refractivity contribution in [2.24, 2.45) is 5.73 Å². The Labute approximate surface area is 121 Å². The highest BCUT2D eigenvalue weighted by molar-refractivity contribution is 5.76. The highest BCUT2D eigenvalue weighted by atomic mass is 16.1. The number of benzene rings is 1. The summed E-state index contributed by atoms with van der Waals surface area (Å²) in [6.45, 7) is 2.69. The highest BCUT2D eigenvalue weighted by Crippen LogP contribution is 2.06. The van der Waals surface area contributed by atoms with Gasteiger partial charge in [-0.2, -0.15) is 5.26 Å². The molecule has 1 rings (SSSR count). The molecule has 0 aromatic heterocycles. The summed E-state index contributed by atoms with van der Waals surface area (Å²) in [7, 11) is 0. The summed E-state index contributed by atoms with van der Waals surface area (Å²) >= 11 is 0. The van der Waals surface area contributed by atoms with Crippen molar-refractivity contribution in [2.45, 2.75) is 45.1 Å². The van der Waals surface area contributed by atoms with Gasteiger partial charge in [0.25, 0.3) is 0 Å². The van der Waals surface area contributed by atoms with Crippen LogP contribution in [0.3, 0.4) is 0 Å². The second-order valence-corrected chi connectivity index (χ2v) is 5.04. The van der Waals surface area contributed by atoms with Gasteiger partial charge in [-0.1, -0.05) is 36.2 Å². The quantitative estimate of drug-likeness (QED) is 0.712. The molecule has 0 bridgehead atoms. The standard InChI is InChI=1S/C16H23N3O/c1-13-6-8-14(9-7-13)11-15(12-18)19-16(20)5-3-2-4-10-17/h6-9,15H,2-5,10-11,17H2,1H3,(H,19,20). The molecule has 1 amide bonds. The fourth-order valence-corrected chi connectivity index (χ4v) is 1.96. The van der Waals surface area contributed by atoms with Crippen molar-refractivity contribution in [3.8, 4) is 6.07 Å². The lowest BCUT2D eigenvalue weighted by Crippen LogP contribution is -2.35. The molecule has 1 aromatic rings. The summed E-state index contributed by atoms with van der Waals surface area (Å²) in [4.78, 5) is 11.7. The minimum absolute atomic E-state index is 0.0549. The number of unbranched alkanes of at least 4 members (excludes halogenated alkanes) is 2. The first kappa shape index (κ1) is 16.2. The van der Waals surface area contributed by atoms with Gasteiger partial charge < -0.3 is 11.1 Å². The van der Waals surface area contributed by atoms with Gasteiger partial charge in [0.1, 0.15) is 6.04 Å². The topological polar surface area (TPSA) is 78.9 Å². The third-order valence-electron chi connectivity index (χ3n) is 3.16. The van der Waals surface area contributed by atoms with Gasteiger partial charge in [-0.05, 0) is 31.9 Å². The van der Waals surface area contributed by atoms with Crippen LogP contribution >= 0.6 is 0 Å². The Hall–Kier alpha value is -1.86. The summed E-state index contributed by atoms with van der Waals surface area (Å²) in [5.41, 5.74) is 7.65. The first-order valence-corrected chi connectivity index (χ1v) is 7.10. The smallest absolute Gasteiger partial charge is 0.221 e. The van der Waals surface area contributed by atoms with Crippen molar-refractivity contribution in [3.63, 3.8) is 0 Å². The van der Waals surface area contributed by atoms with Crippen LogP contribution in [0.4, 0.5) is 0 Å². The summed E-state index contributed by atoms with van der Waals surface area (Å²) < 4.78 is 0. The SMILES string of the molecule is Cc1ccc(CC(C#N)NC(=O)CCCCCN)cc1. The maximum Gasteiger partial charge on any atom is 0.221 e. The van der Waals surface area contributed by atoms with Crippen molar-refractivity contribution >= 4 is 5.91 Å². The molecule has 0 spiro atoms. The van der Waals surface area contributed by atoms with Crippen molar-refractivity contribution in [2.75, 3.05) is 6.54 Å². The van der Waals surface area contributed by atoms with E-state index in [1.165, 1.54) is 5.56 Å². The van der Waals surface area contributed by atoms with Crippen molar-refractivity contribution in [1.82, 2.24) is 5.32 Å². The largest absolute Gasteiger partial charge is 0.340 e. The number of nitrogens with two attached hydrogens (primary N) is 1. The Balaban J connectivity index is 2.37. The zero-order valence-corrected chi connectivity index (χ0v) is 12.1. The van der Waals surface area contributed by atoms with E-state index in [1.807, 2.05) is 31.2 Å². The maximum absolute atomic E-state index is 11.7.